The number of hydrogen-bond acceptors (Lipinski definition) is 1. The largest absolute Gasteiger partial charge is 0.347 e. The molecule has 1 atom stereocenters. The molecule has 0 spiro atoms. The second-order valence-corrected chi connectivity index (χ2v) is 1.86. The molecule has 0 aromatic rings. The van der Waals surface area contributed by atoms with E-state index in [0.29, 0.717) is 19.4 Å². The highest BCUT2D eigenvalue weighted by Crippen LogP contribution is 2.26. The second kappa shape index (κ2) is 1.46. The zero-order chi connectivity index (χ0) is 5.33. The van der Waals surface area contributed by atoms with Gasteiger partial charge in [-0.25, -0.2) is 0 Å². The van der Waals surface area contributed by atoms with Gasteiger partial charge in [-0.2, -0.15) is 5.11 Å². The predicted octanol–water partition coefficient (Wildman–Crippen LogP) is 0.944. The summed E-state index contributed by atoms with van der Waals surface area (Å²) in [7, 11) is 0. The van der Waals surface area contributed by atoms with Gasteiger partial charge in [0.05, 0.1) is 6.61 Å². The second-order valence-electron chi connectivity index (χ2n) is 1.86. The topological polar surface area (TPSA) is 29.1 Å². The molecular weight excluding hydrogens is 92.1 g/mol. The van der Waals surface area contributed by atoms with Gasteiger partial charge in [0.15, 0.2) is 0 Å². The van der Waals surface area contributed by atoms with Crippen LogP contribution in [-0.2, 0) is 9.84 Å². The molecule has 1 aliphatic rings. The summed E-state index contributed by atoms with van der Waals surface area (Å²) in [5.41, 5.74) is 0. The van der Waals surface area contributed by atoms with Gasteiger partial charge in [-0.15, -0.1) is 0 Å². The van der Waals surface area contributed by atoms with Gasteiger partial charge in [0, 0.05) is 12.8 Å². The molecule has 0 aromatic carbocycles. The Balaban J connectivity index is 2.29. The van der Waals surface area contributed by atoms with Crippen molar-refractivity contribution in [3.8, 4) is 0 Å². The van der Waals surface area contributed by atoms with Crippen molar-refractivity contribution in [3.05, 3.63) is 0 Å². The Morgan fingerprint density at radius 2 is 2.43 bits per heavy atom. The molecule has 1 unspecified atom stereocenters. The summed E-state index contributed by atoms with van der Waals surface area (Å²) >= 11 is 0. The molecule has 0 aliphatic carbocycles. The molecular formula is C5H9O2. The molecule has 1 radical (unpaired) electrons. The first-order valence-electron chi connectivity index (χ1n) is 2.61. The van der Waals surface area contributed by atoms with Crippen molar-refractivity contribution in [1.29, 1.82) is 0 Å². The average molecular weight is 101 g/mol. The Morgan fingerprint density at radius 1 is 1.86 bits per heavy atom. The van der Waals surface area contributed by atoms with Gasteiger partial charge in [0.25, 0.3) is 0 Å². The Kier molecular flexibility index (Phi) is 1.05. The summed E-state index contributed by atoms with van der Waals surface area (Å²) in [6.45, 7) is 2.52. The van der Waals surface area contributed by atoms with Crippen LogP contribution in [-0.4, -0.2) is 12.4 Å². The van der Waals surface area contributed by atoms with Crippen LogP contribution in [0.3, 0.4) is 0 Å². The summed E-state index contributed by atoms with van der Waals surface area (Å²) < 4.78 is 4.71. The zero-order valence-corrected chi connectivity index (χ0v) is 4.44. The van der Waals surface area contributed by atoms with E-state index in [1.807, 2.05) is 6.92 Å². The fraction of sp³-hybridized carbons (Fsp3) is 1.00. The van der Waals surface area contributed by atoms with Crippen LogP contribution in [0.4, 0.5) is 0 Å². The summed E-state index contributed by atoms with van der Waals surface area (Å²) in [6, 6.07) is 0. The van der Waals surface area contributed by atoms with Crippen LogP contribution in [0, 0.1) is 0 Å². The van der Waals surface area contributed by atoms with Gasteiger partial charge < -0.3 is 4.74 Å². The average Bonchev–Trinajstić information content (AvgIpc) is 1.61. The molecule has 0 N–H and O–H groups in total. The Labute approximate surface area is 43.1 Å². The van der Waals surface area contributed by atoms with Crippen LogP contribution < -0.4 is 0 Å². The van der Waals surface area contributed by atoms with Crippen molar-refractivity contribution < 1.29 is 9.84 Å². The van der Waals surface area contributed by atoms with Crippen LogP contribution in [0.1, 0.15) is 19.8 Å². The van der Waals surface area contributed by atoms with Gasteiger partial charge in [0.1, 0.15) is 0 Å². The first kappa shape index (κ1) is 5.06. The first-order chi connectivity index (χ1) is 3.27. The third-order valence-corrected chi connectivity index (χ3v) is 1.39. The van der Waals surface area contributed by atoms with Gasteiger partial charge >= 0.3 is 0 Å². The fourth-order valence-electron chi connectivity index (χ4n) is 0.609. The normalized spacial score (nSPS) is 40.3. The van der Waals surface area contributed by atoms with Gasteiger partial charge in [-0.1, -0.05) is 6.92 Å². The SMILES string of the molecule is CCC1([O])CCO1. The van der Waals surface area contributed by atoms with Crippen molar-refractivity contribution >= 4 is 0 Å². The van der Waals surface area contributed by atoms with Crippen LogP contribution in [0.15, 0.2) is 0 Å². The van der Waals surface area contributed by atoms with Crippen LogP contribution >= 0.6 is 0 Å². The first-order valence-corrected chi connectivity index (χ1v) is 2.61. The number of ether oxygens (including phenoxy) is 1. The van der Waals surface area contributed by atoms with E-state index in [0.717, 1.165) is 0 Å². The molecule has 2 heteroatoms. The van der Waals surface area contributed by atoms with Crippen LogP contribution in [0.5, 0.6) is 0 Å². The van der Waals surface area contributed by atoms with Crippen LogP contribution in [0.25, 0.3) is 0 Å². The summed E-state index contributed by atoms with van der Waals surface area (Å²) in [6.07, 6.45) is 1.30. The van der Waals surface area contributed by atoms with E-state index in [4.69, 9.17) is 4.74 Å². The molecule has 1 aliphatic heterocycles. The Hall–Kier alpha value is -0.0800. The lowest BCUT2D eigenvalue weighted by atomic mass is 10.1. The molecule has 41 valence electrons. The minimum Gasteiger partial charge on any atom is -0.347 e. The number of hydrogen-bond donors (Lipinski definition) is 0. The molecule has 0 aromatic heterocycles. The molecule has 1 rings (SSSR count). The van der Waals surface area contributed by atoms with Crippen LogP contribution in [0.2, 0.25) is 0 Å². The molecule has 1 heterocycles. The van der Waals surface area contributed by atoms with E-state index in [-0.39, 0.29) is 0 Å². The highest BCUT2D eigenvalue weighted by atomic mass is 16.6. The summed E-state index contributed by atoms with van der Waals surface area (Å²) in [5, 5.41) is 10.7. The monoisotopic (exact) mass is 101 g/mol. The highest BCUT2D eigenvalue weighted by Gasteiger charge is 2.35. The van der Waals surface area contributed by atoms with E-state index >= 15 is 0 Å². The van der Waals surface area contributed by atoms with Gasteiger partial charge in [-0.3, -0.25) is 0 Å². The quantitative estimate of drug-likeness (QED) is 0.483. The molecule has 2 nitrogen and oxygen atoms in total. The molecule has 0 saturated carbocycles. The molecule has 1 saturated heterocycles. The molecule has 1 fully saturated rings. The van der Waals surface area contributed by atoms with Crippen molar-refractivity contribution in [3.63, 3.8) is 0 Å². The highest BCUT2D eigenvalue weighted by molar-refractivity contribution is 4.71. The maximum atomic E-state index is 10.7. The summed E-state index contributed by atoms with van der Waals surface area (Å²) in [4.78, 5) is 0. The molecule has 0 amide bonds. The van der Waals surface area contributed by atoms with E-state index in [1.54, 1.807) is 0 Å². The van der Waals surface area contributed by atoms with Crippen molar-refractivity contribution in [1.82, 2.24) is 0 Å². The van der Waals surface area contributed by atoms with Crippen molar-refractivity contribution in [2.24, 2.45) is 0 Å². The molecule has 7 heavy (non-hydrogen) atoms. The van der Waals surface area contributed by atoms with E-state index in [1.165, 1.54) is 0 Å². The zero-order valence-electron chi connectivity index (χ0n) is 4.44. The minimum absolute atomic E-state index is 0.604. The lowest BCUT2D eigenvalue weighted by Gasteiger charge is -2.32. The Morgan fingerprint density at radius 3 is 2.43 bits per heavy atom. The maximum absolute atomic E-state index is 10.7. The van der Waals surface area contributed by atoms with Crippen molar-refractivity contribution in [2.45, 2.75) is 25.6 Å². The lowest BCUT2D eigenvalue weighted by Crippen LogP contribution is -2.41. The van der Waals surface area contributed by atoms with Gasteiger partial charge in [-0.05, 0) is 0 Å². The molecule has 0 bridgehead atoms. The van der Waals surface area contributed by atoms with E-state index in [2.05, 4.69) is 0 Å². The van der Waals surface area contributed by atoms with E-state index in [9.17, 15) is 5.11 Å². The third-order valence-electron chi connectivity index (χ3n) is 1.39. The minimum atomic E-state index is -0.986. The maximum Gasteiger partial charge on any atom is 0.203 e. The van der Waals surface area contributed by atoms with Crippen molar-refractivity contribution in [2.75, 3.05) is 6.61 Å². The summed E-state index contributed by atoms with van der Waals surface area (Å²) in [5.74, 6) is -0.986. The van der Waals surface area contributed by atoms with E-state index < -0.39 is 5.79 Å². The number of rotatable bonds is 1. The lowest BCUT2D eigenvalue weighted by molar-refractivity contribution is -0.313. The fourth-order valence-corrected chi connectivity index (χ4v) is 0.609. The smallest absolute Gasteiger partial charge is 0.203 e. The third kappa shape index (κ3) is 0.763. The predicted molar refractivity (Wildman–Crippen MR) is 24.3 cm³/mol. The van der Waals surface area contributed by atoms with Gasteiger partial charge in [0.2, 0.25) is 5.79 Å². The Bertz CT molecular complexity index is 61.0. The standard InChI is InChI=1S/C5H9O2/c1-2-5(6)3-4-7-5/h2-4H2,1H3.